The van der Waals surface area contributed by atoms with Crippen molar-refractivity contribution < 1.29 is 14.3 Å². The zero-order valence-electron chi connectivity index (χ0n) is 14.7. The molecule has 3 aromatic rings. The van der Waals surface area contributed by atoms with Gasteiger partial charge in [0.1, 0.15) is 6.54 Å². The van der Waals surface area contributed by atoms with Gasteiger partial charge in [-0.1, -0.05) is 18.2 Å². The van der Waals surface area contributed by atoms with E-state index in [9.17, 15) is 14.4 Å². The van der Waals surface area contributed by atoms with Crippen LogP contribution in [-0.4, -0.2) is 32.7 Å². The highest BCUT2D eigenvalue weighted by molar-refractivity contribution is 5.91. The molecular formula is C19H18N4O4. The zero-order chi connectivity index (χ0) is 19.2. The zero-order valence-corrected chi connectivity index (χ0v) is 14.7. The van der Waals surface area contributed by atoms with E-state index in [0.29, 0.717) is 17.9 Å². The third kappa shape index (κ3) is 4.49. The van der Waals surface area contributed by atoms with Crippen molar-refractivity contribution in [2.45, 2.75) is 13.5 Å². The molecule has 0 aliphatic rings. The Kier molecular flexibility index (Phi) is 5.46. The van der Waals surface area contributed by atoms with E-state index < -0.39 is 5.97 Å². The van der Waals surface area contributed by atoms with Crippen LogP contribution in [0.15, 0.2) is 59.5 Å². The maximum Gasteiger partial charge on any atom is 0.350 e. The summed E-state index contributed by atoms with van der Waals surface area (Å²) in [4.78, 5) is 35.7. The summed E-state index contributed by atoms with van der Waals surface area (Å²) in [5.41, 5.74) is 1.47. The molecule has 3 rings (SSSR count). The van der Waals surface area contributed by atoms with Crippen molar-refractivity contribution >= 4 is 29.3 Å². The van der Waals surface area contributed by atoms with Crippen LogP contribution >= 0.6 is 0 Å². The van der Waals surface area contributed by atoms with E-state index in [-0.39, 0.29) is 18.1 Å². The minimum absolute atomic E-state index is 0.189. The van der Waals surface area contributed by atoms with Gasteiger partial charge in [0, 0.05) is 18.0 Å². The first-order valence-corrected chi connectivity index (χ1v) is 8.36. The van der Waals surface area contributed by atoms with Gasteiger partial charge in [-0.25, -0.2) is 14.3 Å². The molecular weight excluding hydrogens is 348 g/mol. The lowest BCUT2D eigenvalue weighted by atomic mass is 10.2. The van der Waals surface area contributed by atoms with Gasteiger partial charge in [-0.2, -0.15) is 0 Å². The summed E-state index contributed by atoms with van der Waals surface area (Å²) < 4.78 is 7.29. The number of fused-ring (bicyclic) bond motifs is 1. The lowest BCUT2D eigenvalue weighted by Crippen LogP contribution is -2.28. The van der Waals surface area contributed by atoms with Gasteiger partial charge in [-0.3, -0.25) is 9.20 Å². The first-order chi connectivity index (χ1) is 13.1. The first-order valence-electron chi connectivity index (χ1n) is 8.36. The van der Waals surface area contributed by atoms with Crippen LogP contribution in [0.25, 0.3) is 11.7 Å². The molecule has 8 nitrogen and oxygen atoms in total. The summed E-state index contributed by atoms with van der Waals surface area (Å²) in [6.07, 6.45) is 4.56. The van der Waals surface area contributed by atoms with Crippen molar-refractivity contribution in [2.75, 3.05) is 11.9 Å². The summed E-state index contributed by atoms with van der Waals surface area (Å²) in [6.45, 7) is 1.87. The Hall–Kier alpha value is -3.68. The van der Waals surface area contributed by atoms with Gasteiger partial charge in [0.2, 0.25) is 5.91 Å². The average molecular weight is 366 g/mol. The molecule has 27 heavy (non-hydrogen) atoms. The molecule has 2 heterocycles. The number of ether oxygens (including phenoxy) is 1. The molecule has 1 amide bonds. The molecule has 0 saturated carbocycles. The van der Waals surface area contributed by atoms with E-state index in [2.05, 4.69) is 10.4 Å². The summed E-state index contributed by atoms with van der Waals surface area (Å²) in [5.74, 6) is -0.775. The number of rotatable bonds is 6. The van der Waals surface area contributed by atoms with Crippen molar-refractivity contribution in [1.29, 1.82) is 0 Å². The topological polar surface area (TPSA) is 94.7 Å². The van der Waals surface area contributed by atoms with Crippen LogP contribution in [0.5, 0.6) is 0 Å². The van der Waals surface area contributed by atoms with E-state index >= 15 is 0 Å². The standard InChI is InChI=1S/C19H18N4O4/c1-2-27-18(25)11-8-14-6-9-15(10-7-14)20-17(24)13-23-19(26)22-12-4-3-5-16(22)21-23/h3-12H,2,13H2,1H3,(H,20,24)/b11-8+. The van der Waals surface area contributed by atoms with Crippen LogP contribution in [-0.2, 0) is 20.9 Å². The fourth-order valence-electron chi connectivity index (χ4n) is 2.44. The quantitative estimate of drug-likeness (QED) is 0.529. The third-order valence-corrected chi connectivity index (χ3v) is 3.67. The highest BCUT2D eigenvalue weighted by atomic mass is 16.5. The lowest BCUT2D eigenvalue weighted by Gasteiger charge is -2.05. The second-order valence-corrected chi connectivity index (χ2v) is 5.62. The highest BCUT2D eigenvalue weighted by Crippen LogP contribution is 2.11. The van der Waals surface area contributed by atoms with Gasteiger partial charge in [-0.05, 0) is 42.8 Å². The molecule has 0 aliphatic carbocycles. The van der Waals surface area contributed by atoms with Crippen LogP contribution in [0.3, 0.4) is 0 Å². The molecule has 0 unspecified atom stereocenters. The van der Waals surface area contributed by atoms with E-state index in [0.717, 1.165) is 10.2 Å². The van der Waals surface area contributed by atoms with E-state index in [1.165, 1.54) is 10.5 Å². The number of nitrogens with zero attached hydrogens (tertiary/aromatic N) is 3. The van der Waals surface area contributed by atoms with Gasteiger partial charge in [0.25, 0.3) is 0 Å². The van der Waals surface area contributed by atoms with Gasteiger partial charge < -0.3 is 10.1 Å². The molecule has 0 spiro atoms. The Morgan fingerprint density at radius 2 is 1.96 bits per heavy atom. The minimum atomic E-state index is -0.409. The Bertz CT molecular complexity index is 1050. The number of aromatic nitrogens is 3. The molecule has 1 N–H and O–H groups in total. The Balaban J connectivity index is 1.63. The number of carbonyl (C=O) groups excluding carboxylic acids is 2. The maximum atomic E-state index is 12.2. The first kappa shape index (κ1) is 18.1. The number of amides is 1. The smallest absolute Gasteiger partial charge is 0.350 e. The normalized spacial score (nSPS) is 11.0. The second kappa shape index (κ2) is 8.13. The molecule has 138 valence electrons. The van der Waals surface area contributed by atoms with Gasteiger partial charge in [-0.15, -0.1) is 5.10 Å². The van der Waals surface area contributed by atoms with Gasteiger partial charge in [0.05, 0.1) is 6.61 Å². The largest absolute Gasteiger partial charge is 0.463 e. The van der Waals surface area contributed by atoms with Crippen molar-refractivity contribution in [2.24, 2.45) is 0 Å². The fraction of sp³-hybridized carbons (Fsp3) is 0.158. The number of esters is 1. The third-order valence-electron chi connectivity index (χ3n) is 3.67. The molecule has 0 bridgehead atoms. The Morgan fingerprint density at radius 3 is 2.67 bits per heavy atom. The van der Waals surface area contributed by atoms with Crippen LogP contribution in [0, 0.1) is 0 Å². The van der Waals surface area contributed by atoms with E-state index in [4.69, 9.17) is 4.74 Å². The van der Waals surface area contributed by atoms with Gasteiger partial charge in [0.15, 0.2) is 5.65 Å². The molecule has 8 heteroatoms. The Labute approximate surface area is 154 Å². The molecule has 0 fully saturated rings. The molecule has 0 aliphatic heterocycles. The number of hydrogen-bond donors (Lipinski definition) is 1. The minimum Gasteiger partial charge on any atom is -0.463 e. The summed E-state index contributed by atoms with van der Waals surface area (Å²) in [7, 11) is 0. The number of hydrogen-bond acceptors (Lipinski definition) is 5. The molecule has 1 aromatic carbocycles. The summed E-state index contributed by atoms with van der Waals surface area (Å²) >= 11 is 0. The van der Waals surface area contributed by atoms with Crippen molar-refractivity contribution in [3.63, 3.8) is 0 Å². The average Bonchev–Trinajstić information content (AvgIpc) is 2.97. The van der Waals surface area contributed by atoms with Crippen LogP contribution in [0.1, 0.15) is 12.5 Å². The van der Waals surface area contributed by atoms with Crippen LogP contribution in [0.2, 0.25) is 0 Å². The van der Waals surface area contributed by atoms with Crippen LogP contribution in [0.4, 0.5) is 5.69 Å². The van der Waals surface area contributed by atoms with Crippen molar-refractivity contribution in [3.05, 3.63) is 70.8 Å². The summed E-state index contributed by atoms with van der Waals surface area (Å²) in [6, 6.07) is 12.1. The molecule has 2 aromatic heterocycles. The molecule has 0 atom stereocenters. The fourth-order valence-corrected chi connectivity index (χ4v) is 2.44. The number of pyridine rings is 1. The number of carbonyl (C=O) groups is 2. The van der Waals surface area contributed by atoms with Crippen molar-refractivity contribution in [3.8, 4) is 0 Å². The number of nitrogens with one attached hydrogen (secondary N) is 1. The van der Waals surface area contributed by atoms with E-state index in [1.807, 2.05) is 0 Å². The maximum absolute atomic E-state index is 12.2. The molecule has 0 saturated heterocycles. The Morgan fingerprint density at radius 1 is 1.19 bits per heavy atom. The van der Waals surface area contributed by atoms with Gasteiger partial charge >= 0.3 is 11.7 Å². The van der Waals surface area contributed by atoms with E-state index in [1.54, 1.807) is 61.7 Å². The monoisotopic (exact) mass is 366 g/mol. The second-order valence-electron chi connectivity index (χ2n) is 5.62. The highest BCUT2D eigenvalue weighted by Gasteiger charge is 2.10. The lowest BCUT2D eigenvalue weighted by molar-refractivity contribution is -0.137. The van der Waals surface area contributed by atoms with Crippen molar-refractivity contribution in [1.82, 2.24) is 14.2 Å². The summed E-state index contributed by atoms with van der Waals surface area (Å²) in [5, 5.41) is 6.83. The number of benzene rings is 1. The number of anilines is 1. The predicted molar refractivity (Wildman–Crippen MR) is 100 cm³/mol. The molecule has 0 radical (unpaired) electrons. The SMILES string of the molecule is CCOC(=O)/C=C/c1ccc(NC(=O)Cn2nc3ccccn3c2=O)cc1. The van der Waals surface area contributed by atoms with Crippen LogP contribution < -0.4 is 11.0 Å². The predicted octanol–water partition coefficient (Wildman–Crippen LogP) is 1.71.